The number of amides is 1. The molecule has 7 heteroatoms. The summed E-state index contributed by atoms with van der Waals surface area (Å²) in [5, 5.41) is 7.21. The lowest BCUT2D eigenvalue weighted by atomic mass is 9.92. The highest BCUT2D eigenvalue weighted by Gasteiger charge is 2.37. The van der Waals surface area contributed by atoms with Crippen molar-refractivity contribution >= 4 is 5.91 Å². The molecule has 3 fully saturated rings. The minimum atomic E-state index is 0.0611. The van der Waals surface area contributed by atoms with Crippen LogP contribution in [-0.2, 0) is 9.53 Å². The van der Waals surface area contributed by atoms with E-state index in [1.54, 1.807) is 0 Å². The van der Waals surface area contributed by atoms with Crippen molar-refractivity contribution in [1.29, 1.82) is 0 Å². The van der Waals surface area contributed by atoms with Crippen molar-refractivity contribution in [3.63, 3.8) is 0 Å². The molecular weight excluding hydrogens is 318 g/mol. The topological polar surface area (TPSA) is 74.3 Å². The van der Waals surface area contributed by atoms with Crippen LogP contribution >= 0.6 is 0 Å². The third-order valence-electron chi connectivity index (χ3n) is 6.03. The molecule has 1 unspecified atom stereocenters. The zero-order valence-corrected chi connectivity index (χ0v) is 15.1. The number of carbonyl (C=O) groups is 1. The average molecular weight is 347 g/mol. The van der Waals surface area contributed by atoms with E-state index in [0.29, 0.717) is 11.9 Å². The Kier molecular flexibility index (Phi) is 5.03. The van der Waals surface area contributed by atoms with Gasteiger partial charge in [-0.05, 0) is 58.5 Å². The molecule has 4 rings (SSSR count). The number of aromatic amines is 1. The summed E-state index contributed by atoms with van der Waals surface area (Å²) in [4.78, 5) is 22.2. The highest BCUT2D eigenvalue weighted by molar-refractivity contribution is 5.79. The monoisotopic (exact) mass is 347 g/mol. The standard InChI is InChI=1S/C18H29N5O2/c1-13-19-17(21-20-13)16-3-2-8-23(16)18(24)14-4-9-22(10-5-14)15-6-11-25-12-7-15/h14-16H,2-12H2,1H3,(H,19,20,21). The fourth-order valence-corrected chi connectivity index (χ4v) is 4.60. The zero-order chi connectivity index (χ0) is 17.2. The zero-order valence-electron chi connectivity index (χ0n) is 15.1. The van der Waals surface area contributed by atoms with Crippen LogP contribution in [0.5, 0.6) is 0 Å². The van der Waals surface area contributed by atoms with Crippen molar-refractivity contribution in [2.75, 3.05) is 32.8 Å². The number of aryl methyl sites for hydroxylation is 1. The minimum absolute atomic E-state index is 0.0611. The van der Waals surface area contributed by atoms with Crippen LogP contribution in [0, 0.1) is 12.8 Å². The fraction of sp³-hybridized carbons (Fsp3) is 0.833. The van der Waals surface area contributed by atoms with Crippen molar-refractivity contribution < 1.29 is 9.53 Å². The van der Waals surface area contributed by atoms with Crippen LogP contribution in [0.1, 0.15) is 56.2 Å². The SMILES string of the molecule is Cc1nc(C2CCCN2C(=O)C2CCN(C3CCOCC3)CC2)n[nH]1. The van der Waals surface area contributed by atoms with E-state index in [0.717, 1.165) is 83.0 Å². The van der Waals surface area contributed by atoms with Gasteiger partial charge in [-0.15, -0.1) is 0 Å². The van der Waals surface area contributed by atoms with Gasteiger partial charge in [-0.1, -0.05) is 0 Å². The number of carbonyl (C=O) groups excluding carboxylic acids is 1. The number of hydrogen-bond acceptors (Lipinski definition) is 5. The first-order valence-electron chi connectivity index (χ1n) is 9.73. The smallest absolute Gasteiger partial charge is 0.226 e. The van der Waals surface area contributed by atoms with E-state index >= 15 is 0 Å². The molecule has 0 bridgehead atoms. The molecular formula is C18H29N5O2. The third kappa shape index (κ3) is 3.58. The Morgan fingerprint density at radius 3 is 2.56 bits per heavy atom. The second-order valence-electron chi connectivity index (χ2n) is 7.62. The van der Waals surface area contributed by atoms with Gasteiger partial charge in [0.05, 0.1) is 6.04 Å². The summed E-state index contributed by atoms with van der Waals surface area (Å²) in [6, 6.07) is 0.714. The van der Waals surface area contributed by atoms with Gasteiger partial charge in [0.2, 0.25) is 5.91 Å². The van der Waals surface area contributed by atoms with Crippen LogP contribution < -0.4 is 0 Å². The molecule has 3 aliphatic rings. The molecule has 138 valence electrons. The first kappa shape index (κ1) is 17.0. The quantitative estimate of drug-likeness (QED) is 0.900. The third-order valence-corrected chi connectivity index (χ3v) is 6.03. The molecule has 0 saturated carbocycles. The summed E-state index contributed by atoms with van der Waals surface area (Å²) < 4.78 is 5.47. The maximum absolute atomic E-state index is 13.1. The Bertz CT molecular complexity index is 590. The molecule has 25 heavy (non-hydrogen) atoms. The number of rotatable bonds is 3. The molecule has 1 aromatic rings. The second kappa shape index (κ2) is 7.41. The number of nitrogens with one attached hydrogen (secondary N) is 1. The van der Waals surface area contributed by atoms with E-state index in [4.69, 9.17) is 4.74 Å². The number of aromatic nitrogens is 3. The maximum atomic E-state index is 13.1. The normalized spacial score (nSPS) is 27.1. The molecule has 3 saturated heterocycles. The molecule has 3 aliphatic heterocycles. The van der Waals surface area contributed by atoms with Crippen LogP contribution in [0.3, 0.4) is 0 Å². The summed E-state index contributed by atoms with van der Waals surface area (Å²) in [5.74, 6) is 2.08. The number of nitrogens with zero attached hydrogens (tertiary/aromatic N) is 4. The average Bonchev–Trinajstić information content (AvgIpc) is 3.31. The molecule has 1 aromatic heterocycles. The van der Waals surface area contributed by atoms with Gasteiger partial charge >= 0.3 is 0 Å². The Morgan fingerprint density at radius 2 is 1.88 bits per heavy atom. The van der Waals surface area contributed by atoms with Crippen LogP contribution in [-0.4, -0.2) is 69.8 Å². The summed E-state index contributed by atoms with van der Waals surface area (Å²) in [7, 11) is 0. The van der Waals surface area contributed by atoms with E-state index in [1.165, 1.54) is 0 Å². The molecule has 0 aromatic carbocycles. The maximum Gasteiger partial charge on any atom is 0.226 e. The first-order chi connectivity index (χ1) is 12.2. The Morgan fingerprint density at radius 1 is 1.12 bits per heavy atom. The lowest BCUT2D eigenvalue weighted by Gasteiger charge is -2.39. The lowest BCUT2D eigenvalue weighted by molar-refractivity contribution is -0.138. The van der Waals surface area contributed by atoms with Crippen LogP contribution in [0.2, 0.25) is 0 Å². The van der Waals surface area contributed by atoms with Gasteiger partial charge in [0.1, 0.15) is 5.82 Å². The first-order valence-corrected chi connectivity index (χ1v) is 9.73. The molecule has 0 spiro atoms. The largest absolute Gasteiger partial charge is 0.381 e. The highest BCUT2D eigenvalue weighted by atomic mass is 16.5. The summed E-state index contributed by atoms with van der Waals surface area (Å²) in [5.41, 5.74) is 0. The number of hydrogen-bond donors (Lipinski definition) is 1. The highest BCUT2D eigenvalue weighted by Crippen LogP contribution is 2.33. The molecule has 0 radical (unpaired) electrons. The van der Waals surface area contributed by atoms with Gasteiger partial charge in [0.15, 0.2) is 5.82 Å². The van der Waals surface area contributed by atoms with Gasteiger partial charge in [0, 0.05) is 31.7 Å². The van der Waals surface area contributed by atoms with E-state index in [2.05, 4.69) is 20.1 Å². The van der Waals surface area contributed by atoms with E-state index in [9.17, 15) is 4.79 Å². The van der Waals surface area contributed by atoms with Crippen LogP contribution in [0.4, 0.5) is 0 Å². The Labute approximate surface area is 149 Å². The van der Waals surface area contributed by atoms with Crippen molar-refractivity contribution in [2.24, 2.45) is 5.92 Å². The fourth-order valence-electron chi connectivity index (χ4n) is 4.60. The molecule has 7 nitrogen and oxygen atoms in total. The van der Waals surface area contributed by atoms with Crippen LogP contribution in [0.15, 0.2) is 0 Å². The summed E-state index contributed by atoms with van der Waals surface area (Å²) >= 11 is 0. The minimum Gasteiger partial charge on any atom is -0.381 e. The van der Waals surface area contributed by atoms with E-state index in [1.807, 2.05) is 11.8 Å². The number of ether oxygens (including phenoxy) is 1. The van der Waals surface area contributed by atoms with E-state index in [-0.39, 0.29) is 12.0 Å². The van der Waals surface area contributed by atoms with Crippen LogP contribution in [0.25, 0.3) is 0 Å². The molecule has 1 amide bonds. The number of piperidine rings is 1. The van der Waals surface area contributed by atoms with Gasteiger partial charge in [-0.25, -0.2) is 4.98 Å². The molecule has 1 atom stereocenters. The van der Waals surface area contributed by atoms with Gasteiger partial charge in [-0.3, -0.25) is 9.89 Å². The predicted octanol–water partition coefficient (Wildman–Crippen LogP) is 1.67. The Balaban J connectivity index is 1.35. The number of H-pyrrole nitrogens is 1. The molecule has 4 heterocycles. The van der Waals surface area contributed by atoms with Crippen molar-refractivity contribution in [3.8, 4) is 0 Å². The molecule has 1 N–H and O–H groups in total. The second-order valence-corrected chi connectivity index (χ2v) is 7.62. The lowest BCUT2D eigenvalue weighted by Crippen LogP contribution is -2.47. The van der Waals surface area contributed by atoms with E-state index < -0.39 is 0 Å². The van der Waals surface area contributed by atoms with Gasteiger partial charge in [-0.2, -0.15) is 5.10 Å². The van der Waals surface area contributed by atoms with Gasteiger partial charge in [0.25, 0.3) is 0 Å². The predicted molar refractivity (Wildman–Crippen MR) is 92.9 cm³/mol. The molecule has 0 aliphatic carbocycles. The summed E-state index contributed by atoms with van der Waals surface area (Å²) in [6.45, 7) is 6.60. The van der Waals surface area contributed by atoms with Crippen molar-refractivity contribution in [2.45, 2.75) is 57.5 Å². The number of likely N-dealkylation sites (tertiary alicyclic amines) is 2. The summed E-state index contributed by atoms with van der Waals surface area (Å²) in [6.07, 6.45) is 6.25. The van der Waals surface area contributed by atoms with Crippen molar-refractivity contribution in [3.05, 3.63) is 11.6 Å². The van der Waals surface area contributed by atoms with Gasteiger partial charge < -0.3 is 14.5 Å². The Hall–Kier alpha value is -1.47. The van der Waals surface area contributed by atoms with Crippen molar-refractivity contribution in [1.82, 2.24) is 25.0 Å².